The van der Waals surface area contributed by atoms with Crippen LogP contribution in [0.15, 0.2) is 18.3 Å². The zero-order valence-electron chi connectivity index (χ0n) is 10.4. The minimum Gasteiger partial charge on any atom is -0.388 e. The van der Waals surface area contributed by atoms with Gasteiger partial charge in [-0.25, -0.2) is 0 Å². The van der Waals surface area contributed by atoms with Crippen LogP contribution in [-0.2, 0) is 20.0 Å². The normalized spacial score (nSPS) is 10.8. The summed E-state index contributed by atoms with van der Waals surface area (Å²) in [6, 6.07) is 3.81. The Bertz CT molecular complexity index is 585. The van der Waals surface area contributed by atoms with Crippen molar-refractivity contribution >= 4 is 28.8 Å². The molecular formula is C12H15ClN4S. The third-order valence-corrected chi connectivity index (χ3v) is 3.55. The first-order chi connectivity index (χ1) is 8.54. The Kier molecular flexibility index (Phi) is 3.73. The van der Waals surface area contributed by atoms with Gasteiger partial charge in [0.2, 0.25) is 0 Å². The van der Waals surface area contributed by atoms with Gasteiger partial charge in [-0.3, -0.25) is 4.68 Å². The molecule has 96 valence electrons. The first kappa shape index (κ1) is 13.1. The summed E-state index contributed by atoms with van der Waals surface area (Å²) >= 11 is 11.3. The first-order valence-corrected chi connectivity index (χ1v) is 6.48. The van der Waals surface area contributed by atoms with Crippen molar-refractivity contribution in [2.45, 2.75) is 19.9 Å². The van der Waals surface area contributed by atoms with E-state index in [1.807, 2.05) is 41.5 Å². The average Bonchev–Trinajstić information content (AvgIpc) is 2.88. The third kappa shape index (κ3) is 2.28. The van der Waals surface area contributed by atoms with Gasteiger partial charge in [-0.1, -0.05) is 30.7 Å². The van der Waals surface area contributed by atoms with Crippen molar-refractivity contribution in [2.75, 3.05) is 0 Å². The van der Waals surface area contributed by atoms with Crippen LogP contribution in [0.4, 0.5) is 0 Å². The maximum Gasteiger partial charge on any atom is 0.120 e. The van der Waals surface area contributed by atoms with Crippen LogP contribution in [0, 0.1) is 0 Å². The first-order valence-electron chi connectivity index (χ1n) is 5.69. The molecule has 2 aromatic heterocycles. The largest absolute Gasteiger partial charge is 0.388 e. The number of hydrogen-bond acceptors (Lipinski definition) is 2. The zero-order chi connectivity index (χ0) is 13.3. The number of halogens is 1. The van der Waals surface area contributed by atoms with Gasteiger partial charge in [0, 0.05) is 13.2 Å². The fourth-order valence-electron chi connectivity index (χ4n) is 1.93. The van der Waals surface area contributed by atoms with Crippen molar-refractivity contribution in [3.8, 4) is 0 Å². The van der Waals surface area contributed by atoms with E-state index in [1.54, 1.807) is 0 Å². The molecule has 2 rings (SSSR count). The van der Waals surface area contributed by atoms with E-state index in [9.17, 15) is 0 Å². The Morgan fingerprint density at radius 3 is 2.83 bits per heavy atom. The number of thiocarbonyl (C=S) groups is 1. The molecule has 0 spiro atoms. The molecule has 0 amide bonds. The highest BCUT2D eigenvalue weighted by Crippen LogP contribution is 2.22. The molecular weight excluding hydrogens is 268 g/mol. The summed E-state index contributed by atoms with van der Waals surface area (Å²) in [4.78, 5) is 0.383. The van der Waals surface area contributed by atoms with Gasteiger partial charge in [-0.2, -0.15) is 5.10 Å². The van der Waals surface area contributed by atoms with Crippen LogP contribution < -0.4 is 5.73 Å². The molecule has 0 radical (unpaired) electrons. The average molecular weight is 283 g/mol. The van der Waals surface area contributed by atoms with Gasteiger partial charge in [0.15, 0.2) is 0 Å². The lowest BCUT2D eigenvalue weighted by molar-refractivity contribution is 0.660. The van der Waals surface area contributed by atoms with E-state index in [1.165, 1.54) is 0 Å². The molecule has 0 aliphatic rings. The number of aryl methyl sites for hydroxylation is 2. The van der Waals surface area contributed by atoms with Gasteiger partial charge in [-0.15, -0.1) is 0 Å². The van der Waals surface area contributed by atoms with Gasteiger partial charge in [-0.05, 0) is 18.6 Å². The topological polar surface area (TPSA) is 48.8 Å². The fourth-order valence-corrected chi connectivity index (χ4v) is 2.47. The Hall–Kier alpha value is -1.33. The predicted molar refractivity (Wildman–Crippen MR) is 77.0 cm³/mol. The second-order valence-electron chi connectivity index (χ2n) is 4.07. The molecule has 0 aromatic carbocycles. The summed E-state index contributed by atoms with van der Waals surface area (Å²) in [5, 5.41) is 5.12. The van der Waals surface area contributed by atoms with Crippen LogP contribution >= 0.6 is 23.8 Å². The molecule has 0 fully saturated rings. The van der Waals surface area contributed by atoms with Gasteiger partial charge in [0.05, 0.1) is 28.6 Å². The summed E-state index contributed by atoms with van der Waals surface area (Å²) < 4.78 is 3.79. The van der Waals surface area contributed by atoms with Crippen LogP contribution in [0.25, 0.3) is 0 Å². The van der Waals surface area contributed by atoms with Crippen molar-refractivity contribution in [3.05, 3.63) is 40.4 Å². The molecule has 6 heteroatoms. The van der Waals surface area contributed by atoms with Crippen molar-refractivity contribution < 1.29 is 0 Å². The van der Waals surface area contributed by atoms with Gasteiger partial charge < -0.3 is 10.3 Å². The lowest BCUT2D eigenvalue weighted by atomic mass is 10.3. The van der Waals surface area contributed by atoms with E-state index in [0.29, 0.717) is 11.5 Å². The van der Waals surface area contributed by atoms with Crippen LogP contribution in [-0.4, -0.2) is 19.3 Å². The van der Waals surface area contributed by atoms with Crippen LogP contribution in [0.1, 0.15) is 24.0 Å². The molecule has 2 N–H and O–H groups in total. The van der Waals surface area contributed by atoms with Crippen molar-refractivity contribution in [2.24, 2.45) is 12.8 Å². The summed E-state index contributed by atoms with van der Waals surface area (Å²) in [6.45, 7) is 2.65. The monoisotopic (exact) mass is 282 g/mol. The number of nitrogens with two attached hydrogens (primary N) is 1. The smallest absolute Gasteiger partial charge is 0.120 e. The number of rotatable bonds is 4. The third-order valence-electron chi connectivity index (χ3n) is 2.91. The fraction of sp³-hybridized carbons (Fsp3) is 0.333. The molecule has 0 saturated carbocycles. The summed E-state index contributed by atoms with van der Waals surface area (Å²) in [5.74, 6) is 0. The SMILES string of the molecule is CCc1nn(C)c(Cn2cccc2C(N)=S)c1Cl. The Labute approximate surface area is 116 Å². The molecule has 0 unspecified atom stereocenters. The van der Waals surface area contributed by atoms with Gasteiger partial charge >= 0.3 is 0 Å². The highest BCUT2D eigenvalue weighted by Gasteiger charge is 2.14. The van der Waals surface area contributed by atoms with Crippen LogP contribution in [0.2, 0.25) is 5.02 Å². The van der Waals surface area contributed by atoms with Gasteiger partial charge in [0.25, 0.3) is 0 Å². The minimum absolute atomic E-state index is 0.383. The molecule has 0 saturated heterocycles. The standard InChI is InChI=1S/C12H15ClN4S/c1-3-8-11(13)10(16(2)15-8)7-17-6-4-5-9(17)12(14)18/h4-6H,3,7H2,1-2H3,(H2,14,18). The van der Waals surface area contributed by atoms with Crippen LogP contribution in [0.3, 0.4) is 0 Å². The molecule has 18 heavy (non-hydrogen) atoms. The highest BCUT2D eigenvalue weighted by atomic mass is 35.5. The number of aromatic nitrogens is 3. The van der Waals surface area contributed by atoms with Crippen molar-refractivity contribution in [1.82, 2.24) is 14.3 Å². The Morgan fingerprint density at radius 1 is 1.56 bits per heavy atom. The van der Waals surface area contributed by atoms with Crippen molar-refractivity contribution in [3.63, 3.8) is 0 Å². The quantitative estimate of drug-likeness (QED) is 0.874. The molecule has 4 nitrogen and oxygen atoms in total. The minimum atomic E-state index is 0.383. The maximum absolute atomic E-state index is 6.32. The number of nitrogens with zero attached hydrogens (tertiary/aromatic N) is 3. The summed E-state index contributed by atoms with van der Waals surface area (Å²) in [6.07, 6.45) is 2.75. The Morgan fingerprint density at radius 2 is 2.28 bits per heavy atom. The van der Waals surface area contributed by atoms with E-state index < -0.39 is 0 Å². The van der Waals surface area contributed by atoms with E-state index in [2.05, 4.69) is 5.10 Å². The summed E-state index contributed by atoms with van der Waals surface area (Å²) in [5.41, 5.74) is 8.38. The maximum atomic E-state index is 6.32. The lowest BCUT2D eigenvalue weighted by Gasteiger charge is -2.08. The second kappa shape index (κ2) is 5.12. The van der Waals surface area contributed by atoms with E-state index in [4.69, 9.17) is 29.6 Å². The Balaban J connectivity index is 2.37. The molecule has 0 aliphatic carbocycles. The molecule has 2 heterocycles. The molecule has 0 bridgehead atoms. The van der Waals surface area contributed by atoms with E-state index in [-0.39, 0.29) is 0 Å². The molecule has 0 atom stereocenters. The number of hydrogen-bond donors (Lipinski definition) is 1. The lowest BCUT2D eigenvalue weighted by Crippen LogP contribution is -2.16. The highest BCUT2D eigenvalue weighted by molar-refractivity contribution is 7.80. The molecule has 2 aromatic rings. The predicted octanol–water partition coefficient (Wildman–Crippen LogP) is 2.12. The zero-order valence-corrected chi connectivity index (χ0v) is 11.9. The van der Waals surface area contributed by atoms with Crippen LogP contribution in [0.5, 0.6) is 0 Å². The second-order valence-corrected chi connectivity index (χ2v) is 4.89. The van der Waals surface area contributed by atoms with E-state index in [0.717, 1.165) is 28.5 Å². The van der Waals surface area contributed by atoms with Crippen molar-refractivity contribution in [1.29, 1.82) is 0 Å². The van der Waals surface area contributed by atoms with E-state index >= 15 is 0 Å². The molecule has 0 aliphatic heterocycles. The van der Waals surface area contributed by atoms with Gasteiger partial charge in [0.1, 0.15) is 4.99 Å². The summed E-state index contributed by atoms with van der Waals surface area (Å²) in [7, 11) is 1.89.